The highest BCUT2D eigenvalue weighted by Gasteiger charge is 2.47. The molecule has 0 aliphatic carbocycles. The van der Waals surface area contributed by atoms with Crippen LogP contribution in [0.3, 0.4) is 0 Å². The Morgan fingerprint density at radius 2 is 0.591 bits per heavy atom. The first kappa shape index (κ1) is 21.8. The fraction of sp³-hybridized carbons (Fsp3) is 1.00. The molecule has 0 aliphatic rings. The highest BCUT2D eigenvalue weighted by molar-refractivity contribution is 5.11. The largest absolute Gasteiger partial charge is 0.324 e. The molecule has 0 aromatic carbocycles. The van der Waals surface area contributed by atoms with Crippen LogP contribution in [0.15, 0.2) is 0 Å². The molecule has 0 aromatic heterocycles. The summed E-state index contributed by atoms with van der Waals surface area (Å²) in [6, 6.07) is 0. The van der Waals surface area contributed by atoms with E-state index in [4.69, 9.17) is 11.5 Å². The quantitative estimate of drug-likeness (QED) is 0.583. The Hall–Kier alpha value is -0.160. The Bertz CT molecular complexity index is 341. The van der Waals surface area contributed by atoms with Gasteiger partial charge in [-0.3, -0.25) is 0 Å². The van der Waals surface area contributed by atoms with Gasteiger partial charge in [0.2, 0.25) is 0 Å². The summed E-state index contributed by atoms with van der Waals surface area (Å²) in [6.07, 6.45) is 0. The van der Waals surface area contributed by atoms with Crippen LogP contribution in [-0.2, 0) is 0 Å². The van der Waals surface area contributed by atoms with Gasteiger partial charge in [0, 0.05) is 33.2 Å². The first-order chi connectivity index (χ1) is 9.16. The van der Waals surface area contributed by atoms with Gasteiger partial charge in [-0.15, -0.1) is 0 Å². The van der Waals surface area contributed by atoms with Gasteiger partial charge < -0.3 is 22.1 Å². The Morgan fingerprint density at radius 1 is 0.409 bits per heavy atom. The number of hydrogen-bond donors (Lipinski definition) is 4. The molecule has 0 bridgehead atoms. The maximum Gasteiger partial charge on any atom is 0.0307 e. The van der Waals surface area contributed by atoms with E-state index in [0.29, 0.717) is 0 Å². The minimum Gasteiger partial charge on any atom is -0.324 e. The molecule has 4 nitrogen and oxygen atoms in total. The lowest BCUT2D eigenvalue weighted by atomic mass is 9.73. The monoisotopic (exact) mass is 314 g/mol. The van der Waals surface area contributed by atoms with E-state index in [1.165, 1.54) is 0 Å². The average Bonchev–Trinajstić information content (AvgIpc) is 2.09. The van der Waals surface area contributed by atoms with Crippen molar-refractivity contribution in [3.63, 3.8) is 0 Å². The summed E-state index contributed by atoms with van der Waals surface area (Å²) < 4.78 is 0. The van der Waals surface area contributed by atoms with Crippen molar-refractivity contribution >= 4 is 0 Å². The third-order valence-corrected chi connectivity index (χ3v) is 6.03. The van der Waals surface area contributed by atoms with Crippen molar-refractivity contribution in [2.24, 2.45) is 11.5 Å². The van der Waals surface area contributed by atoms with Crippen molar-refractivity contribution in [1.82, 2.24) is 10.6 Å². The molecule has 0 atom stereocenters. The van der Waals surface area contributed by atoms with E-state index in [0.717, 1.165) is 0 Å². The molecule has 0 heterocycles. The lowest BCUT2D eigenvalue weighted by Gasteiger charge is -2.55. The van der Waals surface area contributed by atoms with Gasteiger partial charge in [-0.05, 0) is 83.1 Å². The number of nitrogens with one attached hydrogen (secondary N) is 2. The maximum atomic E-state index is 6.36. The molecule has 0 radical (unpaired) electrons. The third kappa shape index (κ3) is 4.67. The molecule has 22 heavy (non-hydrogen) atoms. The van der Waals surface area contributed by atoms with Crippen molar-refractivity contribution in [2.45, 2.75) is 116 Å². The minimum absolute atomic E-state index is 0.185. The predicted octanol–water partition coefficient (Wildman–Crippen LogP) is 2.75. The predicted molar refractivity (Wildman–Crippen MR) is 99.1 cm³/mol. The van der Waals surface area contributed by atoms with Gasteiger partial charge in [0.1, 0.15) is 0 Å². The zero-order valence-corrected chi connectivity index (χ0v) is 17.2. The Kier molecular flexibility index (Phi) is 5.69. The average molecular weight is 315 g/mol. The maximum absolute atomic E-state index is 6.36. The summed E-state index contributed by atoms with van der Waals surface area (Å²) in [5.74, 6) is 0. The molecule has 0 aromatic rings. The van der Waals surface area contributed by atoms with E-state index in [9.17, 15) is 0 Å². The summed E-state index contributed by atoms with van der Waals surface area (Å²) in [5.41, 5.74) is 11.3. The Morgan fingerprint density at radius 3 is 0.727 bits per heavy atom. The van der Waals surface area contributed by atoms with E-state index in [-0.39, 0.29) is 33.2 Å². The molecule has 6 N–H and O–H groups in total. The zero-order chi connectivity index (χ0) is 18.4. The molecule has 0 amide bonds. The highest BCUT2D eigenvalue weighted by atomic mass is 15.2. The summed E-state index contributed by atoms with van der Waals surface area (Å²) in [6.45, 7) is 25.7. The van der Waals surface area contributed by atoms with Gasteiger partial charge in [0.15, 0.2) is 0 Å². The van der Waals surface area contributed by atoms with Gasteiger partial charge in [-0.25, -0.2) is 0 Å². The van der Waals surface area contributed by atoms with Crippen molar-refractivity contribution in [2.75, 3.05) is 0 Å². The molecule has 0 unspecified atom stereocenters. The Balaban J connectivity index is 5.44. The van der Waals surface area contributed by atoms with Gasteiger partial charge in [-0.1, -0.05) is 0 Å². The second-order valence-electron chi connectivity index (χ2n) is 10.2. The van der Waals surface area contributed by atoms with Crippen LogP contribution in [-0.4, -0.2) is 33.2 Å². The standard InChI is InChI=1S/C18H42N4/c1-13(2,19)15(5,6)21-17(9,10)18(11,12)22-16(7,8)14(3,4)20/h21-22H,19-20H2,1-12H3. The first-order valence-corrected chi connectivity index (χ1v) is 8.33. The SMILES string of the molecule is CC(C)(N)C(C)(C)NC(C)(C)C(C)(C)NC(C)(C)C(C)(C)N. The molecule has 0 saturated heterocycles. The summed E-state index contributed by atoms with van der Waals surface area (Å²) >= 11 is 0. The molecule has 134 valence electrons. The molecule has 0 spiro atoms. The minimum atomic E-state index is -0.330. The van der Waals surface area contributed by atoms with Crippen LogP contribution in [0.4, 0.5) is 0 Å². The van der Waals surface area contributed by atoms with Crippen molar-refractivity contribution in [3.8, 4) is 0 Å². The number of hydrogen-bond acceptors (Lipinski definition) is 4. The molecule has 4 heteroatoms. The number of nitrogens with two attached hydrogens (primary N) is 2. The van der Waals surface area contributed by atoms with E-state index >= 15 is 0 Å². The van der Waals surface area contributed by atoms with Gasteiger partial charge in [0.25, 0.3) is 0 Å². The lowest BCUT2D eigenvalue weighted by Crippen LogP contribution is -2.76. The van der Waals surface area contributed by atoms with Crippen LogP contribution in [0.1, 0.15) is 83.1 Å². The summed E-state index contributed by atoms with van der Waals surface area (Å²) in [5, 5.41) is 7.52. The lowest BCUT2D eigenvalue weighted by molar-refractivity contribution is 0.0747. The highest BCUT2D eigenvalue weighted by Crippen LogP contribution is 2.31. The van der Waals surface area contributed by atoms with Crippen LogP contribution in [0, 0.1) is 0 Å². The fourth-order valence-corrected chi connectivity index (χ4v) is 2.20. The summed E-state index contributed by atoms with van der Waals surface area (Å²) in [4.78, 5) is 0. The molecule has 0 aliphatic heterocycles. The third-order valence-electron chi connectivity index (χ3n) is 6.03. The van der Waals surface area contributed by atoms with Gasteiger partial charge in [0.05, 0.1) is 0 Å². The van der Waals surface area contributed by atoms with Crippen LogP contribution < -0.4 is 22.1 Å². The van der Waals surface area contributed by atoms with E-state index in [1.807, 2.05) is 0 Å². The van der Waals surface area contributed by atoms with Crippen LogP contribution in [0.25, 0.3) is 0 Å². The molecular weight excluding hydrogens is 272 g/mol. The second-order valence-corrected chi connectivity index (χ2v) is 10.2. The fourth-order valence-electron chi connectivity index (χ4n) is 2.20. The molecular formula is C18H42N4. The first-order valence-electron chi connectivity index (χ1n) is 8.33. The van der Waals surface area contributed by atoms with Crippen LogP contribution in [0.2, 0.25) is 0 Å². The Labute approximate surface area is 139 Å². The molecule has 0 rings (SSSR count). The van der Waals surface area contributed by atoms with E-state index in [2.05, 4.69) is 93.7 Å². The van der Waals surface area contributed by atoms with Gasteiger partial charge >= 0.3 is 0 Å². The summed E-state index contributed by atoms with van der Waals surface area (Å²) in [7, 11) is 0. The van der Waals surface area contributed by atoms with Crippen LogP contribution >= 0.6 is 0 Å². The topological polar surface area (TPSA) is 76.1 Å². The normalized spacial score (nSPS) is 16.1. The number of rotatable bonds is 7. The van der Waals surface area contributed by atoms with Crippen molar-refractivity contribution in [3.05, 3.63) is 0 Å². The van der Waals surface area contributed by atoms with Crippen molar-refractivity contribution < 1.29 is 0 Å². The zero-order valence-electron chi connectivity index (χ0n) is 17.2. The molecule has 0 fully saturated rings. The molecule has 0 saturated carbocycles. The van der Waals surface area contributed by atoms with Crippen molar-refractivity contribution in [1.29, 1.82) is 0 Å². The van der Waals surface area contributed by atoms with Crippen LogP contribution in [0.5, 0.6) is 0 Å². The van der Waals surface area contributed by atoms with Gasteiger partial charge in [-0.2, -0.15) is 0 Å². The smallest absolute Gasteiger partial charge is 0.0307 e. The van der Waals surface area contributed by atoms with E-state index < -0.39 is 0 Å². The second kappa shape index (κ2) is 5.73. The van der Waals surface area contributed by atoms with E-state index in [1.54, 1.807) is 0 Å².